The molecule has 0 N–H and O–H groups in total. The maximum absolute atomic E-state index is 12.1. The predicted octanol–water partition coefficient (Wildman–Crippen LogP) is 3.84. The summed E-state index contributed by atoms with van der Waals surface area (Å²) in [4.78, 5) is 18.4. The Morgan fingerprint density at radius 3 is 2.76 bits per heavy atom. The van der Waals surface area contributed by atoms with Crippen molar-refractivity contribution in [2.75, 3.05) is 11.9 Å². The average Bonchev–Trinajstić information content (AvgIpc) is 2.74. The summed E-state index contributed by atoms with van der Waals surface area (Å²) in [5.41, 5.74) is 0. The molecule has 0 saturated heterocycles. The van der Waals surface area contributed by atoms with Crippen LogP contribution in [0.3, 0.4) is 0 Å². The van der Waals surface area contributed by atoms with E-state index in [1.54, 1.807) is 19.2 Å². The van der Waals surface area contributed by atoms with E-state index in [4.69, 9.17) is 11.6 Å². The molecule has 6 heteroatoms. The van der Waals surface area contributed by atoms with Crippen molar-refractivity contribution in [3.63, 3.8) is 0 Å². The summed E-state index contributed by atoms with van der Waals surface area (Å²) in [5.74, 6) is 0.474. The molecule has 0 fully saturated rings. The van der Waals surface area contributed by atoms with E-state index in [1.807, 2.05) is 11.4 Å². The molecule has 88 valence electrons. The fourth-order valence-electron chi connectivity index (χ4n) is 1.27. The molecule has 0 aliphatic carbocycles. The number of hydrogen-bond donors (Lipinski definition) is 0. The Bertz CT molecular complexity index is 541. The van der Waals surface area contributed by atoms with Gasteiger partial charge in [-0.2, -0.15) is 0 Å². The molecule has 3 nitrogen and oxygen atoms in total. The van der Waals surface area contributed by atoms with Crippen molar-refractivity contribution in [3.8, 4) is 0 Å². The number of carbonyl (C=O) groups excluding carboxylic acids is 1. The number of rotatable bonds is 2. The second kappa shape index (κ2) is 5.16. The van der Waals surface area contributed by atoms with Crippen LogP contribution in [0, 0.1) is 0 Å². The summed E-state index contributed by atoms with van der Waals surface area (Å²) >= 11 is 10.5. The lowest BCUT2D eigenvalue weighted by Gasteiger charge is -2.15. The first-order valence-corrected chi connectivity index (χ1v) is 6.77. The number of nitrogens with zero attached hydrogens (tertiary/aromatic N) is 2. The van der Waals surface area contributed by atoms with Crippen LogP contribution in [0.25, 0.3) is 0 Å². The molecule has 0 aliphatic heterocycles. The highest BCUT2D eigenvalue weighted by molar-refractivity contribution is 9.10. The van der Waals surface area contributed by atoms with Gasteiger partial charge >= 0.3 is 0 Å². The zero-order valence-electron chi connectivity index (χ0n) is 8.85. The quantitative estimate of drug-likeness (QED) is 0.838. The summed E-state index contributed by atoms with van der Waals surface area (Å²) in [6.07, 6.45) is 1.52. The zero-order chi connectivity index (χ0) is 12.4. The Kier molecular flexibility index (Phi) is 3.81. The van der Waals surface area contributed by atoms with E-state index in [2.05, 4.69) is 20.9 Å². The molecule has 2 aromatic heterocycles. The van der Waals surface area contributed by atoms with Gasteiger partial charge in [-0.3, -0.25) is 9.69 Å². The second-order valence-electron chi connectivity index (χ2n) is 3.30. The number of halogens is 2. The summed E-state index contributed by atoms with van der Waals surface area (Å²) < 4.78 is 0.799. The van der Waals surface area contributed by atoms with Crippen molar-refractivity contribution in [1.29, 1.82) is 0 Å². The highest BCUT2D eigenvalue weighted by Gasteiger charge is 2.18. The first kappa shape index (κ1) is 12.5. The molecule has 0 aliphatic rings. The minimum absolute atomic E-state index is 0.0957. The van der Waals surface area contributed by atoms with E-state index < -0.39 is 0 Å². The van der Waals surface area contributed by atoms with Gasteiger partial charge in [0.25, 0.3) is 5.91 Å². The molecule has 0 bridgehead atoms. The Morgan fingerprint density at radius 1 is 1.47 bits per heavy atom. The minimum Gasteiger partial charge on any atom is -0.295 e. The normalized spacial score (nSPS) is 10.3. The summed E-state index contributed by atoms with van der Waals surface area (Å²) in [5, 5.41) is 2.41. The van der Waals surface area contributed by atoms with Crippen LogP contribution in [0.1, 0.15) is 9.67 Å². The lowest BCUT2D eigenvalue weighted by Crippen LogP contribution is -2.26. The fourth-order valence-corrected chi connectivity index (χ4v) is 2.90. The molecule has 0 aromatic carbocycles. The molecule has 0 saturated carbocycles. The van der Waals surface area contributed by atoms with Gasteiger partial charge in [0.05, 0.1) is 5.02 Å². The Morgan fingerprint density at radius 2 is 2.24 bits per heavy atom. The van der Waals surface area contributed by atoms with Gasteiger partial charge in [0.15, 0.2) is 0 Å². The van der Waals surface area contributed by atoms with Gasteiger partial charge in [-0.05, 0) is 39.5 Å². The molecule has 2 aromatic rings. The first-order valence-electron chi connectivity index (χ1n) is 4.72. The topological polar surface area (TPSA) is 33.2 Å². The molecule has 0 radical (unpaired) electrons. The SMILES string of the molecule is CN(C(=O)c1sccc1Br)c1ccc(Cl)cn1. The first-order chi connectivity index (χ1) is 8.09. The molecule has 0 atom stereocenters. The molecule has 0 unspecified atom stereocenters. The Balaban J connectivity index is 2.26. The molecular weight excluding hydrogens is 324 g/mol. The van der Waals surface area contributed by atoms with Crippen molar-refractivity contribution < 1.29 is 4.79 Å². The van der Waals surface area contributed by atoms with Crippen LogP contribution in [0.2, 0.25) is 5.02 Å². The largest absolute Gasteiger partial charge is 0.295 e. The van der Waals surface area contributed by atoms with Crippen molar-refractivity contribution >= 4 is 50.6 Å². The van der Waals surface area contributed by atoms with Gasteiger partial charge in [-0.25, -0.2) is 4.98 Å². The maximum atomic E-state index is 12.1. The third-order valence-corrected chi connectivity index (χ3v) is 4.22. The van der Waals surface area contributed by atoms with Gasteiger partial charge < -0.3 is 0 Å². The molecule has 17 heavy (non-hydrogen) atoms. The molecule has 2 rings (SSSR count). The van der Waals surface area contributed by atoms with E-state index in [-0.39, 0.29) is 5.91 Å². The molecule has 1 amide bonds. The number of pyridine rings is 1. The second-order valence-corrected chi connectivity index (χ2v) is 5.50. The summed E-state index contributed by atoms with van der Waals surface area (Å²) in [7, 11) is 1.69. The van der Waals surface area contributed by atoms with Gasteiger partial charge in [-0.15, -0.1) is 11.3 Å². The zero-order valence-corrected chi connectivity index (χ0v) is 12.0. The molecule has 2 heterocycles. The van der Waals surface area contributed by atoms with Gasteiger partial charge in [-0.1, -0.05) is 11.6 Å². The van der Waals surface area contributed by atoms with Crippen LogP contribution in [-0.4, -0.2) is 17.9 Å². The van der Waals surface area contributed by atoms with E-state index in [0.29, 0.717) is 15.7 Å². The Labute approximate surface area is 116 Å². The number of aromatic nitrogens is 1. The number of anilines is 1. The van der Waals surface area contributed by atoms with Crippen molar-refractivity contribution in [3.05, 3.63) is 44.1 Å². The van der Waals surface area contributed by atoms with Crippen LogP contribution in [0.4, 0.5) is 5.82 Å². The van der Waals surface area contributed by atoms with Crippen molar-refractivity contribution in [1.82, 2.24) is 4.98 Å². The van der Waals surface area contributed by atoms with E-state index in [0.717, 1.165) is 4.47 Å². The lowest BCUT2D eigenvalue weighted by atomic mass is 10.4. The van der Waals surface area contributed by atoms with Crippen molar-refractivity contribution in [2.45, 2.75) is 0 Å². The maximum Gasteiger partial charge on any atom is 0.270 e. The highest BCUT2D eigenvalue weighted by Crippen LogP contribution is 2.25. The van der Waals surface area contributed by atoms with E-state index in [9.17, 15) is 4.79 Å². The number of amides is 1. The van der Waals surface area contributed by atoms with Gasteiger partial charge in [0.1, 0.15) is 10.7 Å². The number of carbonyl (C=O) groups is 1. The van der Waals surface area contributed by atoms with Crippen LogP contribution in [0.5, 0.6) is 0 Å². The van der Waals surface area contributed by atoms with Crippen LogP contribution >= 0.6 is 38.9 Å². The van der Waals surface area contributed by atoms with E-state index >= 15 is 0 Å². The summed E-state index contributed by atoms with van der Waals surface area (Å²) in [6, 6.07) is 5.26. The summed E-state index contributed by atoms with van der Waals surface area (Å²) in [6.45, 7) is 0. The number of hydrogen-bond acceptors (Lipinski definition) is 3. The van der Waals surface area contributed by atoms with Crippen LogP contribution < -0.4 is 4.90 Å². The van der Waals surface area contributed by atoms with E-state index in [1.165, 1.54) is 22.4 Å². The van der Waals surface area contributed by atoms with Gasteiger partial charge in [0, 0.05) is 17.7 Å². The van der Waals surface area contributed by atoms with Gasteiger partial charge in [0.2, 0.25) is 0 Å². The smallest absolute Gasteiger partial charge is 0.270 e. The minimum atomic E-state index is -0.0957. The fraction of sp³-hybridized carbons (Fsp3) is 0.0909. The predicted molar refractivity (Wildman–Crippen MR) is 74.0 cm³/mol. The third-order valence-electron chi connectivity index (χ3n) is 2.17. The highest BCUT2D eigenvalue weighted by atomic mass is 79.9. The number of thiophene rings is 1. The monoisotopic (exact) mass is 330 g/mol. The average molecular weight is 332 g/mol. The molecular formula is C11H8BrClN2OS. The Hall–Kier alpha value is -0.910. The standard InChI is InChI=1S/C11H8BrClN2OS/c1-15(9-3-2-7(13)6-14-9)11(16)10-8(12)4-5-17-10/h2-6H,1H3. The van der Waals surface area contributed by atoms with Crippen molar-refractivity contribution in [2.24, 2.45) is 0 Å². The van der Waals surface area contributed by atoms with Crippen LogP contribution in [0.15, 0.2) is 34.2 Å². The lowest BCUT2D eigenvalue weighted by molar-refractivity contribution is 0.0995. The molecule has 0 spiro atoms. The third kappa shape index (κ3) is 2.68. The van der Waals surface area contributed by atoms with Crippen LogP contribution in [-0.2, 0) is 0 Å².